The van der Waals surface area contributed by atoms with Crippen molar-refractivity contribution >= 4 is 42.6 Å². The van der Waals surface area contributed by atoms with Gasteiger partial charge in [-0.15, -0.1) is 0 Å². The molecule has 2 heterocycles. The highest BCUT2D eigenvalue weighted by atomic mass is 32.2. The Bertz CT molecular complexity index is 1370. The highest BCUT2D eigenvalue weighted by Crippen LogP contribution is 2.31. The lowest BCUT2D eigenvalue weighted by molar-refractivity contribution is 0.0985. The lowest BCUT2D eigenvalue weighted by atomic mass is 10.2. The molecule has 2 aromatic heterocycles. The number of carbonyl (C=O) groups is 1. The second kappa shape index (κ2) is 8.78. The Balaban J connectivity index is 1.73. The van der Waals surface area contributed by atoms with Crippen LogP contribution in [-0.4, -0.2) is 42.7 Å². The van der Waals surface area contributed by atoms with Gasteiger partial charge in [-0.2, -0.15) is 0 Å². The number of hydrogen-bond acceptors (Lipinski definition) is 6. The van der Waals surface area contributed by atoms with E-state index in [2.05, 4.69) is 9.97 Å². The molecule has 0 atom stereocenters. The third kappa shape index (κ3) is 4.40. The summed E-state index contributed by atoms with van der Waals surface area (Å²) in [4.78, 5) is 24.1. The molecule has 9 heteroatoms. The van der Waals surface area contributed by atoms with Crippen LogP contribution in [0.15, 0.2) is 71.9 Å². The van der Waals surface area contributed by atoms with Crippen LogP contribution in [0.3, 0.4) is 0 Å². The molecule has 2 aromatic carbocycles. The van der Waals surface area contributed by atoms with Crippen molar-refractivity contribution < 1.29 is 13.2 Å². The van der Waals surface area contributed by atoms with Gasteiger partial charge in [-0.25, -0.2) is 17.7 Å². The molecule has 0 bridgehead atoms. The Morgan fingerprint density at radius 1 is 1.06 bits per heavy atom. The van der Waals surface area contributed by atoms with Crippen molar-refractivity contribution in [2.75, 3.05) is 19.0 Å². The minimum Gasteiger partial charge on any atom is -0.279 e. The summed E-state index contributed by atoms with van der Waals surface area (Å²) in [6.45, 7) is 2.31. The molecule has 4 rings (SSSR count). The number of anilines is 1. The summed E-state index contributed by atoms with van der Waals surface area (Å²) in [5.41, 5.74) is 3.19. The van der Waals surface area contributed by atoms with Crippen molar-refractivity contribution in [3.05, 3.63) is 83.7 Å². The minimum absolute atomic E-state index is 0.133. The van der Waals surface area contributed by atoms with Crippen molar-refractivity contribution in [3.63, 3.8) is 0 Å². The summed E-state index contributed by atoms with van der Waals surface area (Å²) in [5.74, 6) is -0.265. The van der Waals surface area contributed by atoms with E-state index in [-0.39, 0.29) is 10.8 Å². The number of thiazole rings is 1. The molecule has 7 nitrogen and oxygen atoms in total. The summed E-state index contributed by atoms with van der Waals surface area (Å²) in [6.07, 6.45) is 3.39. The van der Waals surface area contributed by atoms with Gasteiger partial charge >= 0.3 is 0 Å². The maximum absolute atomic E-state index is 13.5. The number of pyridine rings is 1. The molecule has 0 aliphatic heterocycles. The van der Waals surface area contributed by atoms with E-state index < -0.39 is 10.0 Å². The largest absolute Gasteiger partial charge is 0.279 e. The standard InChI is InChI=1S/C23H22N4O3S2/c1-16-6-11-20-21(13-16)31-23(25-20)27(15-17-5-4-12-24-14-17)22(28)18-7-9-19(10-8-18)32(29,30)26(2)3/h4-14H,15H2,1-3H3. The smallest absolute Gasteiger partial charge is 0.260 e. The first-order valence-corrected chi connectivity index (χ1v) is 12.1. The van der Waals surface area contributed by atoms with Gasteiger partial charge in [0, 0.05) is 32.1 Å². The number of benzene rings is 2. The molecule has 0 saturated heterocycles. The molecular weight excluding hydrogens is 444 g/mol. The highest BCUT2D eigenvalue weighted by molar-refractivity contribution is 7.89. The summed E-state index contributed by atoms with van der Waals surface area (Å²) < 4.78 is 26.8. The number of aryl methyl sites for hydroxylation is 1. The number of aromatic nitrogens is 2. The van der Waals surface area contributed by atoms with Crippen molar-refractivity contribution in [2.24, 2.45) is 0 Å². The van der Waals surface area contributed by atoms with Gasteiger partial charge < -0.3 is 0 Å². The number of amides is 1. The predicted molar refractivity (Wildman–Crippen MR) is 126 cm³/mol. The molecule has 0 saturated carbocycles. The van der Waals surface area contributed by atoms with Gasteiger partial charge in [-0.05, 0) is 60.5 Å². The molecule has 0 N–H and O–H groups in total. The number of carbonyl (C=O) groups excluding carboxylic acids is 1. The third-order valence-electron chi connectivity index (χ3n) is 4.95. The van der Waals surface area contributed by atoms with Crippen LogP contribution in [0.4, 0.5) is 5.13 Å². The van der Waals surface area contributed by atoms with Gasteiger partial charge in [-0.3, -0.25) is 14.7 Å². The summed E-state index contributed by atoms with van der Waals surface area (Å²) in [5, 5.41) is 0.574. The number of sulfonamides is 1. The normalized spacial score (nSPS) is 11.8. The molecule has 0 aliphatic carbocycles. The lowest BCUT2D eigenvalue weighted by Crippen LogP contribution is -2.30. The van der Waals surface area contributed by atoms with Crippen LogP contribution < -0.4 is 4.90 Å². The van der Waals surface area contributed by atoms with E-state index >= 15 is 0 Å². The van der Waals surface area contributed by atoms with Crippen molar-refractivity contribution in [2.45, 2.75) is 18.4 Å². The summed E-state index contributed by atoms with van der Waals surface area (Å²) in [7, 11) is -0.630. The van der Waals surface area contributed by atoms with Gasteiger partial charge in [0.25, 0.3) is 5.91 Å². The zero-order valence-electron chi connectivity index (χ0n) is 17.9. The van der Waals surface area contributed by atoms with Crippen LogP contribution in [0.1, 0.15) is 21.5 Å². The van der Waals surface area contributed by atoms with Gasteiger partial charge in [0.15, 0.2) is 5.13 Å². The van der Waals surface area contributed by atoms with Crippen molar-refractivity contribution in [1.29, 1.82) is 0 Å². The molecule has 4 aromatic rings. The van der Waals surface area contributed by atoms with Gasteiger partial charge in [0.05, 0.1) is 21.7 Å². The maximum atomic E-state index is 13.5. The van der Waals surface area contributed by atoms with Crippen LogP contribution in [0.25, 0.3) is 10.2 Å². The SMILES string of the molecule is Cc1ccc2nc(N(Cc3cccnc3)C(=O)c3ccc(S(=O)(=O)N(C)C)cc3)sc2c1. The fraction of sp³-hybridized carbons (Fsp3) is 0.174. The van der Waals surface area contributed by atoms with Gasteiger partial charge in [0.2, 0.25) is 10.0 Å². The van der Waals surface area contributed by atoms with Crippen LogP contribution in [-0.2, 0) is 16.6 Å². The fourth-order valence-corrected chi connectivity index (χ4v) is 5.13. The fourth-order valence-electron chi connectivity index (χ4n) is 3.17. The minimum atomic E-state index is -3.57. The zero-order chi connectivity index (χ0) is 22.9. The third-order valence-corrected chi connectivity index (χ3v) is 7.82. The number of hydrogen-bond donors (Lipinski definition) is 0. The number of nitrogens with zero attached hydrogens (tertiary/aromatic N) is 4. The van der Waals surface area contributed by atoms with Crippen LogP contribution >= 0.6 is 11.3 Å². The molecule has 32 heavy (non-hydrogen) atoms. The molecule has 0 spiro atoms. The Labute approximate surface area is 191 Å². The Kier molecular flexibility index (Phi) is 6.05. The van der Waals surface area contributed by atoms with Gasteiger partial charge in [0.1, 0.15) is 0 Å². The Morgan fingerprint density at radius 2 is 1.81 bits per heavy atom. The predicted octanol–water partition coefficient (Wildman–Crippen LogP) is 4.10. The lowest BCUT2D eigenvalue weighted by Gasteiger charge is -2.20. The zero-order valence-corrected chi connectivity index (χ0v) is 19.5. The first-order chi connectivity index (χ1) is 15.3. The Hall–Kier alpha value is -3.14. The topological polar surface area (TPSA) is 83.5 Å². The molecule has 0 fully saturated rings. The van der Waals surface area contributed by atoms with Crippen LogP contribution in [0.2, 0.25) is 0 Å². The van der Waals surface area contributed by atoms with E-state index in [9.17, 15) is 13.2 Å². The second-order valence-corrected chi connectivity index (χ2v) is 10.7. The Morgan fingerprint density at radius 3 is 2.47 bits per heavy atom. The summed E-state index contributed by atoms with van der Waals surface area (Å²) in [6, 6.07) is 15.7. The summed E-state index contributed by atoms with van der Waals surface area (Å²) >= 11 is 1.44. The van der Waals surface area contributed by atoms with E-state index in [1.165, 1.54) is 49.7 Å². The van der Waals surface area contributed by atoms with Crippen LogP contribution in [0.5, 0.6) is 0 Å². The molecule has 0 aliphatic rings. The first kappa shape index (κ1) is 22.1. The molecular formula is C23H22N4O3S2. The van der Waals surface area contributed by atoms with Gasteiger partial charge in [-0.1, -0.05) is 23.5 Å². The van der Waals surface area contributed by atoms with Crippen LogP contribution in [0, 0.1) is 6.92 Å². The molecule has 1 amide bonds. The van der Waals surface area contributed by atoms with E-state index in [4.69, 9.17) is 0 Å². The first-order valence-electron chi connectivity index (χ1n) is 9.86. The quantitative estimate of drug-likeness (QED) is 0.427. The monoisotopic (exact) mass is 466 g/mol. The van der Waals surface area contributed by atoms with E-state index in [1.807, 2.05) is 37.3 Å². The maximum Gasteiger partial charge on any atom is 0.260 e. The average Bonchev–Trinajstić information content (AvgIpc) is 3.20. The second-order valence-electron chi connectivity index (χ2n) is 7.53. The molecule has 0 unspecified atom stereocenters. The average molecular weight is 467 g/mol. The van der Waals surface area contributed by atoms with E-state index in [0.717, 1.165) is 25.6 Å². The van der Waals surface area contributed by atoms with Crippen molar-refractivity contribution in [1.82, 2.24) is 14.3 Å². The number of rotatable bonds is 6. The van der Waals surface area contributed by atoms with E-state index in [1.54, 1.807) is 17.3 Å². The van der Waals surface area contributed by atoms with E-state index in [0.29, 0.717) is 17.2 Å². The van der Waals surface area contributed by atoms with Crippen molar-refractivity contribution in [3.8, 4) is 0 Å². The highest BCUT2D eigenvalue weighted by Gasteiger charge is 2.23. The molecule has 0 radical (unpaired) electrons. The number of fused-ring (bicyclic) bond motifs is 1. The molecule has 164 valence electrons.